The van der Waals surface area contributed by atoms with Gasteiger partial charge in [0.2, 0.25) is 5.95 Å². The molecule has 0 radical (unpaired) electrons. The Morgan fingerprint density at radius 3 is 2.91 bits per heavy atom. The van der Waals surface area contributed by atoms with Gasteiger partial charge in [0.25, 0.3) is 5.94 Å². The van der Waals surface area contributed by atoms with Crippen molar-refractivity contribution in [2.75, 3.05) is 30.5 Å². The van der Waals surface area contributed by atoms with Crippen LogP contribution in [-0.2, 0) is 17.6 Å². The predicted molar refractivity (Wildman–Crippen MR) is 126 cm³/mol. The Hall–Kier alpha value is -2.84. The molecule has 0 spiro atoms. The zero-order chi connectivity index (χ0) is 22.8. The van der Waals surface area contributed by atoms with Crippen molar-refractivity contribution in [2.45, 2.75) is 31.1 Å². The number of nitrogens with zero attached hydrogens (tertiary/aromatic N) is 3. The first-order chi connectivity index (χ1) is 16.1. The summed E-state index contributed by atoms with van der Waals surface area (Å²) in [4.78, 5) is 11.9. The van der Waals surface area contributed by atoms with Gasteiger partial charge in [-0.25, -0.2) is 14.4 Å². The topological polar surface area (TPSA) is 70.5 Å². The summed E-state index contributed by atoms with van der Waals surface area (Å²) >= 11 is -1.12. The highest BCUT2D eigenvalue weighted by Gasteiger charge is 2.27. The third-order valence-corrected chi connectivity index (χ3v) is 7.35. The maximum atomic E-state index is 14.7. The first-order valence-corrected chi connectivity index (χ1v) is 12.6. The van der Waals surface area contributed by atoms with E-state index in [2.05, 4.69) is 21.8 Å². The normalized spacial score (nSPS) is 19.4. The molecule has 0 amide bonds. The summed E-state index contributed by atoms with van der Waals surface area (Å²) in [5.41, 5.74) is 2.59. The van der Waals surface area contributed by atoms with Crippen molar-refractivity contribution < 1.29 is 18.4 Å². The lowest BCUT2D eigenvalue weighted by Gasteiger charge is -2.17. The van der Waals surface area contributed by atoms with E-state index in [1.54, 1.807) is 18.2 Å². The fourth-order valence-corrected chi connectivity index (χ4v) is 5.21. The zero-order valence-electron chi connectivity index (χ0n) is 18.5. The van der Waals surface area contributed by atoms with Gasteiger partial charge in [-0.1, -0.05) is 13.0 Å². The van der Waals surface area contributed by atoms with Gasteiger partial charge in [-0.3, -0.25) is 0 Å². The predicted octanol–water partition coefficient (Wildman–Crippen LogP) is 4.60. The van der Waals surface area contributed by atoms with Crippen molar-refractivity contribution >= 4 is 17.1 Å². The minimum Gasteiger partial charge on any atom is -0.609 e. The monoisotopic (exact) mass is 467 g/mol. The molecule has 3 aromatic rings. The summed E-state index contributed by atoms with van der Waals surface area (Å²) in [6.07, 6.45) is 4.62. The second-order valence-electron chi connectivity index (χ2n) is 8.35. The average Bonchev–Trinajstić information content (AvgIpc) is 3.47. The van der Waals surface area contributed by atoms with Crippen LogP contribution in [0.1, 0.15) is 25.5 Å². The molecule has 1 aromatic heterocycles. The number of hydrogen-bond acceptors (Lipinski definition) is 6. The maximum absolute atomic E-state index is 14.7. The van der Waals surface area contributed by atoms with E-state index < -0.39 is 17.0 Å². The van der Waals surface area contributed by atoms with E-state index in [0.29, 0.717) is 23.2 Å². The molecule has 33 heavy (non-hydrogen) atoms. The van der Waals surface area contributed by atoms with Gasteiger partial charge >= 0.3 is 0 Å². The number of anilines is 1. The van der Waals surface area contributed by atoms with Crippen LogP contribution in [0.5, 0.6) is 11.5 Å². The van der Waals surface area contributed by atoms with Gasteiger partial charge in [-0.15, -0.1) is 0 Å². The van der Waals surface area contributed by atoms with Gasteiger partial charge in [0.05, 0.1) is 6.61 Å². The molecular formula is C25H26FN3O3S. The smallest absolute Gasteiger partial charge is 0.250 e. The Balaban J connectivity index is 1.16. The fourth-order valence-electron chi connectivity index (χ4n) is 4.29. The standard InChI is InChI=1S/C25H26FN3O3S/c1-2-20-7-10-27-25(28-20)29-11-8-17(15-29)9-12-31-22-5-3-18(13-21(22)26)19-4-6-24-23(14-19)32-16-33(24)30/h3-7,10,13-14,17H,2,8-9,11-12,15-16H2,1H3/t17-,33-/m1/s1. The average molecular weight is 468 g/mol. The van der Waals surface area contributed by atoms with Crippen molar-refractivity contribution in [1.29, 1.82) is 0 Å². The summed E-state index contributed by atoms with van der Waals surface area (Å²) in [7, 11) is 0. The molecule has 0 aliphatic carbocycles. The molecule has 2 atom stereocenters. The number of rotatable bonds is 7. The molecule has 1 saturated heterocycles. The molecule has 2 aliphatic heterocycles. The quantitative estimate of drug-likeness (QED) is 0.473. The van der Waals surface area contributed by atoms with Crippen LogP contribution in [0.3, 0.4) is 0 Å². The van der Waals surface area contributed by atoms with E-state index in [-0.39, 0.29) is 11.7 Å². The molecule has 8 heteroatoms. The minimum absolute atomic E-state index is 0.177. The molecule has 0 saturated carbocycles. The van der Waals surface area contributed by atoms with E-state index in [4.69, 9.17) is 9.47 Å². The van der Waals surface area contributed by atoms with Crippen molar-refractivity contribution in [2.24, 2.45) is 5.92 Å². The van der Waals surface area contributed by atoms with Gasteiger partial charge in [-0.2, -0.15) is 0 Å². The highest BCUT2D eigenvalue weighted by Crippen LogP contribution is 2.36. The van der Waals surface area contributed by atoms with Crippen LogP contribution in [-0.4, -0.2) is 40.2 Å². The number of ether oxygens (including phenoxy) is 2. The summed E-state index contributed by atoms with van der Waals surface area (Å²) in [6, 6.07) is 12.4. The molecule has 3 heterocycles. The first-order valence-electron chi connectivity index (χ1n) is 11.3. The van der Waals surface area contributed by atoms with Crippen LogP contribution < -0.4 is 14.4 Å². The third kappa shape index (κ3) is 4.77. The van der Waals surface area contributed by atoms with E-state index in [0.717, 1.165) is 55.1 Å². The molecule has 0 bridgehead atoms. The first kappa shape index (κ1) is 22.0. The lowest BCUT2D eigenvalue weighted by molar-refractivity contribution is 0.272. The lowest BCUT2D eigenvalue weighted by Crippen LogP contribution is -2.22. The molecular weight excluding hydrogens is 441 g/mol. The SMILES string of the molecule is CCc1ccnc(N2CC[C@H](CCOc3ccc(-c4ccc5c(c4)OC[S@@+]5[O-])cc3F)C2)n1. The summed E-state index contributed by atoms with van der Waals surface area (Å²) in [6.45, 7) is 4.37. The molecule has 2 aromatic carbocycles. The van der Waals surface area contributed by atoms with Crippen LogP contribution in [0.25, 0.3) is 11.1 Å². The lowest BCUT2D eigenvalue weighted by atomic mass is 10.0. The number of halogens is 1. The van der Waals surface area contributed by atoms with Gasteiger partial charge in [-0.05, 0) is 72.7 Å². The van der Waals surface area contributed by atoms with E-state index >= 15 is 0 Å². The molecule has 5 rings (SSSR count). The third-order valence-electron chi connectivity index (χ3n) is 6.19. The molecule has 2 aliphatic rings. The number of hydrogen-bond donors (Lipinski definition) is 0. The Morgan fingerprint density at radius 1 is 1.21 bits per heavy atom. The van der Waals surface area contributed by atoms with Crippen molar-refractivity contribution in [3.63, 3.8) is 0 Å². The number of fused-ring (bicyclic) bond motifs is 1. The van der Waals surface area contributed by atoms with Crippen LogP contribution >= 0.6 is 0 Å². The summed E-state index contributed by atoms with van der Waals surface area (Å²) < 4.78 is 37.7. The highest BCUT2D eigenvalue weighted by atomic mass is 32.2. The maximum Gasteiger partial charge on any atom is 0.250 e. The molecule has 6 nitrogen and oxygen atoms in total. The van der Waals surface area contributed by atoms with E-state index in [9.17, 15) is 8.94 Å². The molecule has 0 unspecified atom stereocenters. The van der Waals surface area contributed by atoms with Gasteiger partial charge in [0.1, 0.15) is 0 Å². The van der Waals surface area contributed by atoms with Crippen LogP contribution in [0.4, 0.5) is 10.3 Å². The number of aryl methyl sites for hydroxylation is 1. The number of aromatic nitrogens is 2. The Morgan fingerprint density at radius 2 is 2.06 bits per heavy atom. The van der Waals surface area contributed by atoms with Gasteiger partial charge in [0, 0.05) is 36.2 Å². The molecule has 1 fully saturated rings. The van der Waals surface area contributed by atoms with Crippen LogP contribution in [0.15, 0.2) is 53.6 Å². The van der Waals surface area contributed by atoms with E-state index in [1.165, 1.54) is 6.07 Å². The van der Waals surface area contributed by atoms with Crippen LogP contribution in [0.2, 0.25) is 0 Å². The Kier molecular flexibility index (Phi) is 6.37. The summed E-state index contributed by atoms with van der Waals surface area (Å²) in [5, 5.41) is 0. The second-order valence-corrected chi connectivity index (χ2v) is 9.72. The van der Waals surface area contributed by atoms with Crippen molar-refractivity contribution in [3.05, 3.63) is 60.2 Å². The minimum atomic E-state index is -1.12. The zero-order valence-corrected chi connectivity index (χ0v) is 19.3. The summed E-state index contributed by atoms with van der Waals surface area (Å²) in [5.74, 6) is 1.91. The van der Waals surface area contributed by atoms with Crippen molar-refractivity contribution in [3.8, 4) is 22.6 Å². The Labute approximate surface area is 196 Å². The van der Waals surface area contributed by atoms with Gasteiger partial charge < -0.3 is 18.9 Å². The highest BCUT2D eigenvalue weighted by molar-refractivity contribution is 7.91. The van der Waals surface area contributed by atoms with Crippen LogP contribution in [0, 0.1) is 11.7 Å². The second kappa shape index (κ2) is 9.57. The number of benzene rings is 2. The molecule has 0 N–H and O–H groups in total. The Bertz CT molecular complexity index is 1150. The van der Waals surface area contributed by atoms with E-state index in [1.807, 2.05) is 24.4 Å². The van der Waals surface area contributed by atoms with Crippen molar-refractivity contribution in [1.82, 2.24) is 9.97 Å². The van der Waals surface area contributed by atoms with Gasteiger partial charge in [0.15, 0.2) is 22.2 Å². The largest absolute Gasteiger partial charge is 0.609 e. The fraction of sp³-hybridized carbons (Fsp3) is 0.360. The molecule has 172 valence electrons.